The molecule has 2 aromatic rings. The number of ether oxygens (including phenoxy) is 1. The third-order valence-electron chi connectivity index (χ3n) is 5.76. The van der Waals surface area contributed by atoms with Crippen LogP contribution in [0.15, 0.2) is 34.4 Å². The molecule has 36 heavy (non-hydrogen) atoms. The van der Waals surface area contributed by atoms with Crippen molar-refractivity contribution >= 4 is 12.1 Å². The number of carbonyl (C=O) groups is 1. The minimum atomic E-state index is -4.61. The molecule has 0 bridgehead atoms. The summed E-state index contributed by atoms with van der Waals surface area (Å²) in [5, 5.41) is 3.87. The van der Waals surface area contributed by atoms with E-state index in [1.807, 2.05) is 37.2 Å². The highest BCUT2D eigenvalue weighted by atomic mass is 19.4. The van der Waals surface area contributed by atoms with Crippen LogP contribution in [0.25, 0.3) is 0 Å². The van der Waals surface area contributed by atoms with Crippen molar-refractivity contribution in [1.29, 1.82) is 0 Å². The van der Waals surface area contributed by atoms with Gasteiger partial charge in [-0.3, -0.25) is 14.2 Å². The second-order valence-electron chi connectivity index (χ2n) is 11.0. The van der Waals surface area contributed by atoms with Crippen LogP contribution in [0.5, 0.6) is 0 Å². The van der Waals surface area contributed by atoms with Crippen LogP contribution in [0.4, 0.5) is 13.2 Å². The molecule has 0 unspecified atom stereocenters. The summed E-state index contributed by atoms with van der Waals surface area (Å²) in [6.07, 6.45) is -1.56. The van der Waals surface area contributed by atoms with Gasteiger partial charge in [-0.15, -0.1) is 0 Å². The third-order valence-corrected chi connectivity index (χ3v) is 5.76. The highest BCUT2D eigenvalue weighted by Gasteiger charge is 2.32. The lowest BCUT2D eigenvalue weighted by atomic mass is 9.92. The molecule has 1 aliphatic rings. The molecule has 1 saturated heterocycles. The first kappa shape index (κ1) is 27.7. The molecule has 1 aromatic heterocycles. The van der Waals surface area contributed by atoms with Crippen LogP contribution < -0.4 is 5.49 Å². The topological polar surface area (TPSA) is 70.1 Å². The Hall–Kier alpha value is -2.88. The molecular weight excluding hydrogens is 473 g/mol. The van der Waals surface area contributed by atoms with Crippen LogP contribution in [-0.2, 0) is 34.8 Å². The number of oxime groups is 1. The smallest absolute Gasteiger partial charge is 0.390 e. The molecule has 0 saturated carbocycles. The molecule has 7 nitrogen and oxygen atoms in total. The van der Waals surface area contributed by atoms with E-state index in [2.05, 4.69) is 10.1 Å². The van der Waals surface area contributed by atoms with E-state index in [-0.39, 0.29) is 22.6 Å². The lowest BCUT2D eigenvalue weighted by Crippen LogP contribution is -2.30. The third kappa shape index (κ3) is 6.87. The number of carbonyl (C=O) groups excluding carboxylic acids is 1. The highest BCUT2D eigenvalue weighted by Crippen LogP contribution is 2.31. The zero-order valence-corrected chi connectivity index (χ0v) is 21.9. The van der Waals surface area contributed by atoms with Gasteiger partial charge in [0.2, 0.25) is 0 Å². The molecule has 1 atom stereocenters. The number of hydrogen-bond acceptors (Lipinski definition) is 4. The van der Waals surface area contributed by atoms with Crippen molar-refractivity contribution in [2.24, 2.45) is 17.2 Å². The van der Waals surface area contributed by atoms with E-state index in [1.165, 1.54) is 12.3 Å². The number of aromatic nitrogens is 2. The van der Waals surface area contributed by atoms with Crippen molar-refractivity contribution in [2.75, 3.05) is 6.61 Å². The fourth-order valence-electron chi connectivity index (χ4n) is 4.00. The van der Waals surface area contributed by atoms with Gasteiger partial charge in [-0.1, -0.05) is 32.0 Å². The maximum atomic E-state index is 13.5. The van der Waals surface area contributed by atoms with E-state index in [4.69, 9.17) is 9.57 Å². The van der Waals surface area contributed by atoms with Crippen LogP contribution in [-0.4, -0.2) is 39.8 Å². The number of benzene rings is 1. The molecule has 0 aliphatic carbocycles. The van der Waals surface area contributed by atoms with Crippen LogP contribution in [0.2, 0.25) is 0 Å². The lowest BCUT2D eigenvalue weighted by Gasteiger charge is -2.21. The van der Waals surface area contributed by atoms with Crippen LogP contribution >= 0.6 is 0 Å². The minimum absolute atomic E-state index is 0.0220. The summed E-state index contributed by atoms with van der Waals surface area (Å²) < 4.78 is 49.9. The van der Waals surface area contributed by atoms with Gasteiger partial charge in [0.05, 0.1) is 30.0 Å². The largest absolute Gasteiger partial charge is 0.416 e. The molecule has 1 amide bonds. The zero-order chi connectivity index (χ0) is 26.9. The average Bonchev–Trinajstić information content (AvgIpc) is 3.35. The summed E-state index contributed by atoms with van der Waals surface area (Å²) >= 11 is 0. The molecule has 0 spiro atoms. The molecule has 3 rings (SSSR count). The van der Waals surface area contributed by atoms with Gasteiger partial charge in [0.15, 0.2) is 5.49 Å². The maximum Gasteiger partial charge on any atom is 0.416 e. The zero-order valence-electron chi connectivity index (χ0n) is 21.9. The van der Waals surface area contributed by atoms with Gasteiger partial charge >= 0.3 is 6.18 Å². The van der Waals surface area contributed by atoms with Crippen molar-refractivity contribution in [3.63, 3.8) is 0 Å². The standard InChI is InChI=1S/C26H35F3N4O3/c1-24(2,3)21-14-22(33(32(21)7)16-19-9-8-12-35-19)31-23(34)20-13-18(26(27,28)29)11-10-17(20)15-30-36-25(4,5)6/h10-11,13-15,19H,8-9,12,16H2,1-7H3/t19-/m1/s1. The summed E-state index contributed by atoms with van der Waals surface area (Å²) in [6, 6.07) is 4.72. The predicted octanol–water partition coefficient (Wildman–Crippen LogP) is 5.21. The molecule has 1 aliphatic heterocycles. The maximum absolute atomic E-state index is 13.5. The number of nitrogens with zero attached hydrogens (tertiary/aromatic N) is 4. The van der Waals surface area contributed by atoms with Gasteiger partial charge in [0.25, 0.3) is 5.91 Å². The summed E-state index contributed by atoms with van der Waals surface area (Å²) in [5.41, 5.74) is -0.536. The van der Waals surface area contributed by atoms with E-state index in [1.54, 1.807) is 26.8 Å². The number of rotatable bonds is 5. The van der Waals surface area contributed by atoms with E-state index in [0.29, 0.717) is 18.6 Å². The second-order valence-corrected chi connectivity index (χ2v) is 11.0. The SMILES string of the molecule is Cn1c(C(C)(C)C)cc(=NC(=O)c2cc(C(F)(F)F)ccc2C=NOC(C)(C)C)n1C[C@H]1CCCO1. The summed E-state index contributed by atoms with van der Waals surface area (Å²) in [4.78, 5) is 22.9. The Bertz CT molecular complexity index is 1190. The van der Waals surface area contributed by atoms with E-state index < -0.39 is 23.2 Å². The first-order valence-corrected chi connectivity index (χ1v) is 12.0. The summed E-state index contributed by atoms with van der Waals surface area (Å²) in [7, 11) is 1.88. The van der Waals surface area contributed by atoms with E-state index >= 15 is 0 Å². The first-order chi connectivity index (χ1) is 16.6. The Balaban J connectivity index is 2.11. The first-order valence-electron chi connectivity index (χ1n) is 12.0. The normalized spacial score (nSPS) is 17.8. The Morgan fingerprint density at radius 3 is 2.42 bits per heavy atom. The number of hydrogen-bond donors (Lipinski definition) is 0. The van der Waals surface area contributed by atoms with Crippen molar-refractivity contribution < 1.29 is 27.5 Å². The van der Waals surface area contributed by atoms with Gasteiger partial charge in [0, 0.05) is 36.4 Å². The fraction of sp³-hybridized carbons (Fsp3) is 0.577. The Morgan fingerprint density at radius 1 is 1.17 bits per heavy atom. The average molecular weight is 509 g/mol. The van der Waals surface area contributed by atoms with Gasteiger partial charge in [-0.2, -0.15) is 18.2 Å². The number of halogens is 3. The molecule has 2 heterocycles. The van der Waals surface area contributed by atoms with Gasteiger partial charge in [-0.25, -0.2) is 0 Å². The molecule has 1 aromatic carbocycles. The molecular formula is C26H35F3N4O3. The van der Waals surface area contributed by atoms with Crippen molar-refractivity contribution in [2.45, 2.75) is 84.2 Å². The Morgan fingerprint density at radius 2 is 1.86 bits per heavy atom. The predicted molar refractivity (Wildman–Crippen MR) is 131 cm³/mol. The molecule has 0 radical (unpaired) electrons. The van der Waals surface area contributed by atoms with Crippen molar-refractivity contribution in [3.8, 4) is 0 Å². The molecule has 198 valence electrons. The van der Waals surface area contributed by atoms with Crippen molar-refractivity contribution in [3.05, 3.63) is 52.1 Å². The lowest BCUT2D eigenvalue weighted by molar-refractivity contribution is -0.137. The van der Waals surface area contributed by atoms with Gasteiger partial charge in [-0.05, 0) is 45.7 Å². The summed E-state index contributed by atoms with van der Waals surface area (Å²) in [6.45, 7) is 12.6. The minimum Gasteiger partial charge on any atom is -0.390 e. The molecule has 0 N–H and O–H groups in total. The highest BCUT2D eigenvalue weighted by molar-refractivity contribution is 6.03. The summed E-state index contributed by atoms with van der Waals surface area (Å²) in [5.74, 6) is -0.801. The van der Waals surface area contributed by atoms with E-state index in [9.17, 15) is 18.0 Å². The van der Waals surface area contributed by atoms with Crippen LogP contribution in [0, 0.1) is 0 Å². The monoisotopic (exact) mass is 508 g/mol. The number of alkyl halides is 3. The molecule has 1 fully saturated rings. The quantitative estimate of drug-likeness (QED) is 0.411. The Labute approximate surface area is 209 Å². The van der Waals surface area contributed by atoms with E-state index in [0.717, 1.165) is 30.7 Å². The van der Waals surface area contributed by atoms with Crippen LogP contribution in [0.3, 0.4) is 0 Å². The van der Waals surface area contributed by atoms with Crippen LogP contribution in [0.1, 0.15) is 81.6 Å². The molecule has 10 heteroatoms. The fourth-order valence-corrected chi connectivity index (χ4v) is 4.00. The van der Waals surface area contributed by atoms with Crippen molar-refractivity contribution in [1.82, 2.24) is 9.36 Å². The van der Waals surface area contributed by atoms with Gasteiger partial charge < -0.3 is 9.57 Å². The number of amides is 1. The van der Waals surface area contributed by atoms with Gasteiger partial charge in [0.1, 0.15) is 5.60 Å². The second kappa shape index (κ2) is 10.2. The Kier molecular flexibility index (Phi) is 7.88.